The van der Waals surface area contributed by atoms with Gasteiger partial charge in [-0.3, -0.25) is 9.48 Å². The molecule has 0 unspecified atom stereocenters. The van der Waals surface area contributed by atoms with Crippen LogP contribution in [0.25, 0.3) is 0 Å². The summed E-state index contributed by atoms with van der Waals surface area (Å²) in [6, 6.07) is 7.12. The number of aromatic nitrogens is 2. The van der Waals surface area contributed by atoms with Gasteiger partial charge in [0.2, 0.25) is 5.91 Å². The lowest BCUT2D eigenvalue weighted by Crippen LogP contribution is -2.56. The molecule has 0 bridgehead atoms. The number of carbonyl (C=O) groups is 2. The van der Waals surface area contributed by atoms with E-state index in [4.69, 9.17) is 0 Å². The van der Waals surface area contributed by atoms with Gasteiger partial charge in [0.05, 0.1) is 11.9 Å². The predicted octanol–water partition coefficient (Wildman–Crippen LogP) is 4.30. The molecule has 8 heteroatoms. The summed E-state index contributed by atoms with van der Waals surface area (Å²) < 4.78 is 2.71. The zero-order chi connectivity index (χ0) is 19.4. The number of amides is 3. The van der Waals surface area contributed by atoms with Gasteiger partial charge in [0.1, 0.15) is 5.54 Å². The van der Waals surface area contributed by atoms with Gasteiger partial charge in [0.25, 0.3) is 0 Å². The normalized spacial score (nSPS) is 15.6. The molecule has 1 saturated carbocycles. The highest BCUT2D eigenvalue weighted by molar-refractivity contribution is 9.10. The Morgan fingerprint density at radius 1 is 1.11 bits per heavy atom. The van der Waals surface area contributed by atoms with Crippen LogP contribution in [-0.2, 0) is 4.79 Å². The number of hydrogen-bond donors (Lipinski definition) is 3. The molecule has 1 aliphatic rings. The summed E-state index contributed by atoms with van der Waals surface area (Å²) >= 11 is 3.36. The molecule has 0 spiro atoms. The minimum Gasteiger partial charge on any atom is -0.323 e. The van der Waals surface area contributed by atoms with Crippen LogP contribution in [0.3, 0.4) is 0 Å². The van der Waals surface area contributed by atoms with Crippen LogP contribution in [0.5, 0.6) is 0 Å². The second kappa shape index (κ2) is 8.12. The van der Waals surface area contributed by atoms with Crippen molar-refractivity contribution in [3.8, 4) is 0 Å². The van der Waals surface area contributed by atoms with Gasteiger partial charge in [-0.05, 0) is 51.0 Å². The minimum absolute atomic E-state index is 0.200. The number of nitrogens with zero attached hydrogens (tertiary/aromatic N) is 2. The smallest absolute Gasteiger partial charge is 0.320 e. The highest BCUT2D eigenvalue weighted by Crippen LogP contribution is 2.31. The first-order chi connectivity index (χ1) is 12.9. The number of benzene rings is 1. The fraction of sp³-hybridized carbons (Fsp3) is 0.421. The van der Waals surface area contributed by atoms with E-state index in [1.807, 2.05) is 26.0 Å². The van der Waals surface area contributed by atoms with Gasteiger partial charge in [-0.15, -0.1) is 0 Å². The summed E-state index contributed by atoms with van der Waals surface area (Å²) in [6.45, 7) is 4.04. The first-order valence-electron chi connectivity index (χ1n) is 9.08. The molecule has 27 heavy (non-hydrogen) atoms. The van der Waals surface area contributed by atoms with E-state index in [2.05, 4.69) is 37.0 Å². The van der Waals surface area contributed by atoms with E-state index in [1.165, 1.54) is 0 Å². The van der Waals surface area contributed by atoms with E-state index in [0.717, 1.165) is 17.3 Å². The van der Waals surface area contributed by atoms with Gasteiger partial charge < -0.3 is 16.0 Å². The third-order valence-corrected chi connectivity index (χ3v) is 5.26. The average Bonchev–Trinajstić information content (AvgIpc) is 3.27. The van der Waals surface area contributed by atoms with Crippen LogP contribution in [0, 0.1) is 0 Å². The Bertz CT molecular complexity index is 810. The summed E-state index contributed by atoms with van der Waals surface area (Å²) in [5.41, 5.74) is 0.400. The van der Waals surface area contributed by atoms with E-state index >= 15 is 0 Å². The molecule has 1 aromatic carbocycles. The number of carbonyl (C=O) groups excluding carboxylic acids is 2. The van der Waals surface area contributed by atoms with Gasteiger partial charge in [-0.25, -0.2) is 4.79 Å². The maximum atomic E-state index is 13.0. The quantitative estimate of drug-likeness (QED) is 0.656. The van der Waals surface area contributed by atoms with Gasteiger partial charge in [-0.2, -0.15) is 5.10 Å². The Labute approximate surface area is 167 Å². The van der Waals surface area contributed by atoms with Crippen LogP contribution < -0.4 is 16.0 Å². The van der Waals surface area contributed by atoms with E-state index in [0.29, 0.717) is 24.2 Å². The summed E-state index contributed by atoms with van der Waals surface area (Å²) in [5, 5.41) is 12.8. The van der Waals surface area contributed by atoms with Crippen molar-refractivity contribution in [3.63, 3.8) is 0 Å². The van der Waals surface area contributed by atoms with Crippen LogP contribution in [0.1, 0.15) is 45.6 Å². The monoisotopic (exact) mass is 433 g/mol. The third-order valence-electron chi connectivity index (χ3n) is 4.74. The molecule has 1 heterocycles. The van der Waals surface area contributed by atoms with Crippen LogP contribution in [0.15, 0.2) is 41.1 Å². The molecule has 2 aromatic rings. The molecule has 144 valence electrons. The third kappa shape index (κ3) is 4.68. The summed E-state index contributed by atoms with van der Waals surface area (Å²) in [5.74, 6) is -0.200. The Kier molecular flexibility index (Phi) is 5.84. The van der Waals surface area contributed by atoms with Crippen molar-refractivity contribution in [3.05, 3.63) is 41.1 Å². The van der Waals surface area contributed by atoms with Crippen LogP contribution in [0.4, 0.5) is 16.2 Å². The number of anilines is 2. The maximum Gasteiger partial charge on any atom is 0.320 e. The first kappa shape index (κ1) is 19.4. The molecule has 1 aromatic heterocycles. The van der Waals surface area contributed by atoms with E-state index in [9.17, 15) is 9.59 Å². The van der Waals surface area contributed by atoms with Crippen LogP contribution in [-0.4, -0.2) is 27.3 Å². The van der Waals surface area contributed by atoms with Gasteiger partial charge >= 0.3 is 6.03 Å². The topological polar surface area (TPSA) is 88.0 Å². The molecule has 1 aliphatic carbocycles. The molecule has 0 saturated heterocycles. The standard InChI is InChI=1S/C19H24BrN5O2/c1-13(2)25-12-16(11-21-25)22-17(26)19(9-3-4-10-19)24-18(27)23-15-7-5-14(20)6-8-15/h5-8,11-13H,3-4,9-10H2,1-2H3,(H,22,26)(H2,23,24,27). The van der Waals surface area contributed by atoms with Crippen molar-refractivity contribution >= 4 is 39.2 Å². The Balaban J connectivity index is 1.67. The SMILES string of the molecule is CC(C)n1cc(NC(=O)C2(NC(=O)Nc3ccc(Br)cc3)CCCC2)cn1. The summed E-state index contributed by atoms with van der Waals surface area (Å²) in [4.78, 5) is 25.4. The molecule has 1 fully saturated rings. The number of hydrogen-bond acceptors (Lipinski definition) is 3. The summed E-state index contributed by atoms with van der Waals surface area (Å²) in [6.07, 6.45) is 6.46. The number of urea groups is 1. The van der Waals surface area contributed by atoms with Gasteiger partial charge in [-0.1, -0.05) is 28.8 Å². The Morgan fingerprint density at radius 3 is 2.37 bits per heavy atom. The first-order valence-corrected chi connectivity index (χ1v) is 9.88. The van der Waals surface area contributed by atoms with Crippen molar-refractivity contribution in [1.82, 2.24) is 15.1 Å². The molecule has 3 amide bonds. The van der Waals surface area contributed by atoms with Crippen LogP contribution in [0.2, 0.25) is 0 Å². The van der Waals surface area contributed by atoms with Gasteiger partial charge in [0, 0.05) is 22.4 Å². The second-order valence-electron chi connectivity index (χ2n) is 7.13. The van der Waals surface area contributed by atoms with E-state index in [1.54, 1.807) is 29.2 Å². The van der Waals surface area contributed by atoms with Crippen LogP contribution >= 0.6 is 15.9 Å². The lowest BCUT2D eigenvalue weighted by molar-refractivity contribution is -0.121. The molecule has 0 aliphatic heterocycles. The molecule has 0 radical (unpaired) electrons. The van der Waals surface area contributed by atoms with E-state index in [-0.39, 0.29) is 18.0 Å². The highest BCUT2D eigenvalue weighted by Gasteiger charge is 2.42. The number of nitrogens with one attached hydrogen (secondary N) is 3. The average molecular weight is 434 g/mol. The van der Waals surface area contributed by atoms with E-state index < -0.39 is 5.54 Å². The molecular formula is C19H24BrN5O2. The molecule has 7 nitrogen and oxygen atoms in total. The van der Waals surface area contributed by atoms with Crippen molar-refractivity contribution in [2.45, 2.75) is 51.1 Å². The fourth-order valence-electron chi connectivity index (χ4n) is 3.24. The van der Waals surface area contributed by atoms with Crippen molar-refractivity contribution in [2.24, 2.45) is 0 Å². The van der Waals surface area contributed by atoms with Gasteiger partial charge in [0.15, 0.2) is 0 Å². The van der Waals surface area contributed by atoms with Crippen molar-refractivity contribution < 1.29 is 9.59 Å². The number of rotatable bonds is 5. The lowest BCUT2D eigenvalue weighted by atomic mass is 9.96. The molecule has 0 atom stereocenters. The Hall–Kier alpha value is -2.35. The minimum atomic E-state index is -0.903. The lowest BCUT2D eigenvalue weighted by Gasteiger charge is -2.28. The zero-order valence-electron chi connectivity index (χ0n) is 15.5. The van der Waals surface area contributed by atoms with Crippen molar-refractivity contribution in [1.29, 1.82) is 0 Å². The van der Waals surface area contributed by atoms with Crippen molar-refractivity contribution in [2.75, 3.05) is 10.6 Å². The maximum absolute atomic E-state index is 13.0. The largest absolute Gasteiger partial charge is 0.323 e. The highest BCUT2D eigenvalue weighted by atomic mass is 79.9. The Morgan fingerprint density at radius 2 is 1.78 bits per heavy atom. The molecule has 3 N–H and O–H groups in total. The summed E-state index contributed by atoms with van der Waals surface area (Å²) in [7, 11) is 0. The molecular weight excluding hydrogens is 410 g/mol. The second-order valence-corrected chi connectivity index (χ2v) is 8.05. The molecule has 3 rings (SSSR count). The number of halogens is 1. The predicted molar refractivity (Wildman–Crippen MR) is 109 cm³/mol. The fourth-order valence-corrected chi connectivity index (χ4v) is 3.50. The zero-order valence-corrected chi connectivity index (χ0v) is 17.0.